The van der Waals surface area contributed by atoms with Gasteiger partial charge in [0.25, 0.3) is 11.8 Å². The zero-order valence-electron chi connectivity index (χ0n) is 66.7. The molecule has 2 aliphatic carbocycles. The average molecular weight is 1750 g/mol. The number of fused-ring (bicyclic) bond motifs is 2. The molecule has 2 aliphatic heterocycles. The smallest absolute Gasteiger partial charge is 0.408 e. The average Bonchev–Trinajstić information content (AvgIpc) is 0.732. The van der Waals surface area contributed by atoms with Crippen molar-refractivity contribution >= 4 is 169 Å². The fourth-order valence-corrected chi connectivity index (χ4v) is 13.2. The lowest BCUT2D eigenvalue weighted by Gasteiger charge is -2.38. The second-order valence-corrected chi connectivity index (χ2v) is 36.0. The van der Waals surface area contributed by atoms with Crippen LogP contribution in [0.2, 0.25) is 0 Å². The van der Waals surface area contributed by atoms with Crippen molar-refractivity contribution in [2.24, 2.45) is 22.7 Å². The maximum Gasteiger partial charge on any atom is 0.408 e. The highest BCUT2D eigenvalue weighted by Crippen LogP contribution is 2.47. The van der Waals surface area contributed by atoms with Gasteiger partial charge < -0.3 is 50.1 Å². The molecular weight excluding hydrogens is 1650 g/mol. The van der Waals surface area contributed by atoms with Gasteiger partial charge in [-0.05, 0) is 147 Å². The largest absolute Gasteiger partial charge is 0.481 e. The standard InChI is InChI=1S/C37H46Cl3F2N5O7.C22H23F2NO4.C20H33Cl3N4O6/c1-21(2)30(31(49)43-22(3)32(50)47-18-6-7-28(46-47)33(51)53-20-37(38,39)40)45-34(52)35(14-16-36(41,42)17-15-35)13-12-25-8-9-26-10-11-27(44-29(26)19-25)23(4)54-24(5)48;1-14(29-15(2)26)18-6-5-17-4-3-16(13-19(17)25-18)7-8-21(20(27)28)9-11-22(23,24)12-10-21;1-11(2)14(25-18(31)33-19(4,5)6)15(28)24-12(3)16(29)27-9-7-8-13(26-27)17(30)32-10-20(21,22)23/h8-13,19,21-23,28,30,46H,6-7,14-18,20H2,1-5H3,(H,43,49)(H,45,52);3-8,13-14H,9-12H2,1-2H3,(H,27,28);11-14,26H,7-10H2,1-6H3,(H,24,28)(H,25,31)/b13-12+;8-7+;/t22-,23+,28-,30-;14-;12-,13-,14-/m010/s1. The van der Waals surface area contributed by atoms with Crippen LogP contribution in [0.15, 0.2) is 72.8 Å². The predicted octanol–water partition coefficient (Wildman–Crippen LogP) is 13.7. The van der Waals surface area contributed by atoms with Crippen molar-refractivity contribution < 1.29 is 99.1 Å². The summed E-state index contributed by atoms with van der Waals surface area (Å²) in [5.41, 5.74) is 6.05. The molecule has 2 aromatic carbocycles. The number of carbonyl (C=O) groups is 11. The number of carbonyl (C=O) groups excluding carboxylic acids is 10. The van der Waals surface area contributed by atoms with Crippen LogP contribution in [-0.2, 0) is 71.6 Å². The molecule has 0 spiro atoms. The molecule has 0 unspecified atom stereocenters. The highest BCUT2D eigenvalue weighted by Gasteiger charge is 2.49. The van der Waals surface area contributed by atoms with Gasteiger partial charge >= 0.3 is 35.9 Å². The zero-order chi connectivity index (χ0) is 86.8. The van der Waals surface area contributed by atoms with Gasteiger partial charge in [-0.15, -0.1) is 0 Å². The third kappa shape index (κ3) is 30.2. The maximum atomic E-state index is 14.4. The van der Waals surface area contributed by atoms with E-state index in [0.717, 1.165) is 16.3 Å². The van der Waals surface area contributed by atoms with Gasteiger partial charge in [0.2, 0.25) is 37.2 Å². The molecule has 27 nitrogen and oxygen atoms in total. The Morgan fingerprint density at radius 1 is 0.543 bits per heavy atom. The van der Waals surface area contributed by atoms with Crippen molar-refractivity contribution in [1.29, 1.82) is 0 Å². The fraction of sp³-hybridized carbons (Fsp3) is 0.582. The first-order valence-corrected chi connectivity index (χ1v) is 40.1. The quantitative estimate of drug-likeness (QED) is 0.0148. The molecule has 7 N–H and O–H groups in total. The normalized spacial score (nSPS) is 19.6. The third-order valence-corrected chi connectivity index (χ3v) is 20.0. The Labute approximate surface area is 701 Å². The lowest BCUT2D eigenvalue weighted by atomic mass is 9.71. The number of ether oxygens (including phenoxy) is 5. The van der Waals surface area contributed by atoms with E-state index in [2.05, 4.69) is 42.1 Å². The molecule has 2 aromatic heterocycles. The van der Waals surface area contributed by atoms with Crippen LogP contribution < -0.4 is 32.1 Å². The van der Waals surface area contributed by atoms with Crippen molar-refractivity contribution in [2.45, 2.75) is 241 Å². The monoisotopic (exact) mass is 1750 g/mol. The number of aromatic nitrogens is 2. The van der Waals surface area contributed by atoms with Gasteiger partial charge in [-0.3, -0.25) is 58.0 Å². The van der Waals surface area contributed by atoms with Crippen molar-refractivity contribution in [2.75, 3.05) is 26.3 Å². The molecule has 6 amide bonds. The molecule has 4 aromatic rings. The topological polar surface area (TPSA) is 359 Å². The lowest BCUT2D eigenvalue weighted by Crippen LogP contribution is -2.61. The molecular formula is C79H102Cl6F4N10O17. The Balaban J connectivity index is 0.000000289. The number of rotatable bonds is 24. The molecule has 37 heteroatoms. The first-order valence-electron chi connectivity index (χ1n) is 37.9. The van der Waals surface area contributed by atoms with Gasteiger partial charge in [-0.2, -0.15) is 0 Å². The van der Waals surface area contributed by atoms with Gasteiger partial charge in [-0.25, -0.2) is 43.2 Å². The molecule has 4 heterocycles. The minimum atomic E-state index is -2.94. The Morgan fingerprint density at radius 2 is 0.905 bits per heavy atom. The summed E-state index contributed by atoms with van der Waals surface area (Å²) in [7, 11) is 0. The van der Waals surface area contributed by atoms with Crippen molar-refractivity contribution in [3.8, 4) is 0 Å². The summed E-state index contributed by atoms with van der Waals surface area (Å²) in [6, 6.07) is 12.5. The summed E-state index contributed by atoms with van der Waals surface area (Å²) in [4.78, 5) is 147. The highest BCUT2D eigenvalue weighted by molar-refractivity contribution is 6.68. The van der Waals surface area contributed by atoms with Crippen LogP contribution in [0.5, 0.6) is 0 Å². The molecule has 4 fully saturated rings. The molecule has 0 bridgehead atoms. The SMILES string of the molecule is CC(=O)O[C@H](C)c1ccc2ccc(/C=C/C3(C(=O)N[C@H](C(=O)N[C@@H](C)C(=O)N4CCC[C@@H](C(=O)OCC(Cl)(Cl)Cl)N4)C(C)C)CCC(F)(F)CC3)cc2n1.CC(=O)O[C@H](C)c1ccc2ccc(/C=C/C3(C(=O)O)CCC(F)(F)CC3)cc2n1.CC(C)[C@H](NC(=O)OC(C)(C)C)C(=O)N[C@@H](C)C(=O)N1CCC[C@@H](C(=O)OCC(Cl)(Cl)Cl)N1. The van der Waals surface area contributed by atoms with Crippen LogP contribution in [0.25, 0.3) is 34.0 Å². The van der Waals surface area contributed by atoms with E-state index in [1.54, 1.807) is 105 Å². The summed E-state index contributed by atoms with van der Waals surface area (Å²) >= 11 is 33.8. The van der Waals surface area contributed by atoms with E-state index in [-0.39, 0.29) is 38.1 Å². The summed E-state index contributed by atoms with van der Waals surface area (Å²) in [5, 5.41) is 24.4. The molecule has 8 rings (SSSR count). The second-order valence-electron chi connectivity index (χ2n) is 31.0. The number of carboxylic acids is 1. The summed E-state index contributed by atoms with van der Waals surface area (Å²) in [6.07, 6.45) is 4.05. The van der Waals surface area contributed by atoms with E-state index >= 15 is 0 Å². The van der Waals surface area contributed by atoms with Crippen molar-refractivity contribution in [1.82, 2.24) is 52.1 Å². The number of hydrazine groups is 2. The number of amides is 6. The van der Waals surface area contributed by atoms with E-state index in [1.165, 1.54) is 43.8 Å². The number of alkyl carbamates (subject to hydrolysis) is 1. The van der Waals surface area contributed by atoms with Gasteiger partial charge in [0.1, 0.15) is 67.3 Å². The van der Waals surface area contributed by atoms with Gasteiger partial charge in [0.05, 0.1) is 33.3 Å². The molecule has 8 atom stereocenters. The van der Waals surface area contributed by atoms with Crippen LogP contribution in [0.1, 0.15) is 202 Å². The minimum Gasteiger partial charge on any atom is -0.481 e. The van der Waals surface area contributed by atoms with E-state index in [9.17, 15) is 75.4 Å². The minimum absolute atomic E-state index is 0.0955. The molecule has 116 heavy (non-hydrogen) atoms. The van der Waals surface area contributed by atoms with Crippen LogP contribution in [0.4, 0.5) is 22.4 Å². The number of aliphatic carboxylic acids is 1. The summed E-state index contributed by atoms with van der Waals surface area (Å²) in [5.74, 6) is -12.5. The molecule has 640 valence electrons. The van der Waals surface area contributed by atoms with E-state index in [4.69, 9.17) is 93.3 Å². The molecule has 2 saturated heterocycles. The predicted molar refractivity (Wildman–Crippen MR) is 429 cm³/mol. The Morgan fingerprint density at radius 3 is 1.26 bits per heavy atom. The Hall–Kier alpha value is -7.91. The number of carboxylic acid groups (broad SMARTS) is 1. The molecule has 0 radical (unpaired) electrons. The third-order valence-electron chi connectivity index (χ3n) is 19.4. The Kier molecular flexibility index (Phi) is 34.8. The van der Waals surface area contributed by atoms with E-state index in [1.807, 2.05) is 36.4 Å². The zero-order valence-corrected chi connectivity index (χ0v) is 71.3. The Bertz CT molecular complexity index is 4240. The van der Waals surface area contributed by atoms with Crippen molar-refractivity contribution in [3.05, 3.63) is 95.3 Å². The van der Waals surface area contributed by atoms with Crippen LogP contribution in [0, 0.1) is 22.7 Å². The number of pyridine rings is 2. The van der Waals surface area contributed by atoms with Gasteiger partial charge in [-0.1, -0.05) is 158 Å². The first-order chi connectivity index (χ1) is 53.8. The highest BCUT2D eigenvalue weighted by atomic mass is 35.6. The number of esters is 4. The number of halogens is 10. The molecule has 2 saturated carbocycles. The van der Waals surface area contributed by atoms with Gasteiger partial charge in [0.15, 0.2) is 0 Å². The van der Waals surface area contributed by atoms with E-state index in [0.29, 0.717) is 60.2 Å². The number of hydrogen-bond donors (Lipinski definition) is 7. The summed E-state index contributed by atoms with van der Waals surface area (Å²) in [6.45, 7) is 20.8. The number of nitrogens with zero attached hydrogens (tertiary/aromatic N) is 4. The lowest BCUT2D eigenvalue weighted by molar-refractivity contribution is -0.154. The van der Waals surface area contributed by atoms with Crippen molar-refractivity contribution in [3.63, 3.8) is 0 Å². The number of alkyl halides is 10. The van der Waals surface area contributed by atoms with E-state index < -0.39 is 195 Å². The number of benzene rings is 2. The second kappa shape index (κ2) is 41.7. The summed E-state index contributed by atoms with van der Waals surface area (Å²) < 4.78 is 77.9. The number of hydrogen-bond acceptors (Lipinski definition) is 20. The fourth-order valence-electron chi connectivity index (χ4n) is 12.9. The first kappa shape index (κ1) is 96.9. The van der Waals surface area contributed by atoms with Gasteiger partial charge in [0, 0.05) is 63.4 Å². The maximum absolute atomic E-state index is 14.4. The number of nitrogens with one attached hydrogen (secondary N) is 6. The molecule has 4 aliphatic rings. The van der Waals surface area contributed by atoms with Crippen LogP contribution in [0.3, 0.4) is 0 Å². The van der Waals surface area contributed by atoms with Crippen LogP contribution >= 0.6 is 69.6 Å². The van der Waals surface area contributed by atoms with Crippen LogP contribution in [-0.4, -0.2) is 178 Å².